The second-order valence-corrected chi connectivity index (χ2v) is 11.2. The highest BCUT2D eigenvalue weighted by atomic mass is 79.9. The number of amidine groups is 1. The van der Waals surface area contributed by atoms with Gasteiger partial charge in [0.05, 0.1) is 17.4 Å². The fourth-order valence-electron chi connectivity index (χ4n) is 5.22. The molecule has 2 heterocycles. The largest absolute Gasteiger partial charge is 0.308 e. The van der Waals surface area contributed by atoms with Crippen LogP contribution >= 0.6 is 27.7 Å². The summed E-state index contributed by atoms with van der Waals surface area (Å²) < 4.78 is 28.5. The van der Waals surface area contributed by atoms with Gasteiger partial charge >= 0.3 is 0 Å². The molecule has 0 unspecified atom stereocenters. The average molecular weight is 561 g/mol. The van der Waals surface area contributed by atoms with Gasteiger partial charge in [-0.1, -0.05) is 71.0 Å². The summed E-state index contributed by atoms with van der Waals surface area (Å²) in [5, 5.41) is 3.07. The van der Waals surface area contributed by atoms with Gasteiger partial charge in [0.25, 0.3) is 0 Å². The molecule has 0 aromatic heterocycles. The molecule has 180 valence electrons. The molecule has 0 radical (unpaired) electrons. The lowest BCUT2D eigenvalue weighted by atomic mass is 9.78. The summed E-state index contributed by atoms with van der Waals surface area (Å²) in [6.07, 6.45) is 3.94. The Labute approximate surface area is 222 Å². The van der Waals surface area contributed by atoms with E-state index in [9.17, 15) is 8.78 Å². The topological polar surface area (TPSA) is 15.6 Å². The summed E-state index contributed by atoms with van der Waals surface area (Å²) in [5.41, 5.74) is 7.61. The van der Waals surface area contributed by atoms with Gasteiger partial charge in [-0.2, -0.15) is 0 Å². The van der Waals surface area contributed by atoms with Crippen molar-refractivity contribution in [3.8, 4) is 0 Å². The van der Waals surface area contributed by atoms with Gasteiger partial charge in [-0.25, -0.2) is 13.8 Å². The van der Waals surface area contributed by atoms with Crippen LogP contribution in [0.5, 0.6) is 0 Å². The number of allylic oxidation sites excluding steroid dienone is 1. The summed E-state index contributed by atoms with van der Waals surface area (Å²) in [7, 11) is 0. The predicted octanol–water partition coefficient (Wildman–Crippen LogP) is 8.95. The van der Waals surface area contributed by atoms with Crippen molar-refractivity contribution < 1.29 is 8.78 Å². The van der Waals surface area contributed by atoms with E-state index in [1.807, 2.05) is 24.3 Å². The molecule has 2 nitrogen and oxygen atoms in total. The molecule has 36 heavy (non-hydrogen) atoms. The maximum absolute atomic E-state index is 13.9. The van der Waals surface area contributed by atoms with E-state index in [4.69, 9.17) is 4.99 Å². The number of nitrogens with zero attached hydrogens (tertiary/aromatic N) is 2. The standard InChI is InChI=1S/C30H23BrF2N2S/c1-18-14-22(16-19-2-10-24(32)11-3-19)28-26(15-18)29(21-6-12-25(33)13-7-21)35-27(17-36-30(35)34-28)20-4-8-23(31)9-5-20/h2-13,16-18,29H,14-15H2,1H3/b22-16+/t18-,29+/m0/s1. The molecule has 0 N–H and O–H groups in total. The summed E-state index contributed by atoms with van der Waals surface area (Å²) in [6.45, 7) is 2.26. The van der Waals surface area contributed by atoms with Crippen LogP contribution in [0.1, 0.15) is 42.5 Å². The smallest absolute Gasteiger partial charge is 0.174 e. The average Bonchev–Trinajstić information content (AvgIpc) is 3.29. The molecule has 0 bridgehead atoms. The van der Waals surface area contributed by atoms with E-state index in [1.165, 1.54) is 29.8 Å². The second-order valence-electron chi connectivity index (χ2n) is 9.45. The van der Waals surface area contributed by atoms with Crippen molar-refractivity contribution in [1.29, 1.82) is 0 Å². The molecule has 2 aliphatic heterocycles. The van der Waals surface area contributed by atoms with Gasteiger partial charge < -0.3 is 4.90 Å². The van der Waals surface area contributed by atoms with Crippen LogP contribution in [0.25, 0.3) is 11.8 Å². The van der Waals surface area contributed by atoms with Gasteiger partial charge in [-0.3, -0.25) is 0 Å². The molecule has 6 rings (SSSR count). The minimum Gasteiger partial charge on any atom is -0.308 e. The van der Waals surface area contributed by atoms with E-state index >= 15 is 0 Å². The molecule has 6 heteroatoms. The van der Waals surface area contributed by atoms with Crippen LogP contribution < -0.4 is 0 Å². The van der Waals surface area contributed by atoms with Crippen molar-refractivity contribution in [1.82, 2.24) is 4.90 Å². The lowest BCUT2D eigenvalue weighted by Crippen LogP contribution is -2.35. The molecule has 2 atom stereocenters. The van der Waals surface area contributed by atoms with Crippen LogP contribution in [0.4, 0.5) is 8.78 Å². The fraction of sp³-hybridized carbons (Fsp3) is 0.167. The van der Waals surface area contributed by atoms with Crippen molar-refractivity contribution in [2.75, 3.05) is 0 Å². The molecule has 0 saturated heterocycles. The fourth-order valence-corrected chi connectivity index (χ4v) is 6.42. The van der Waals surface area contributed by atoms with Gasteiger partial charge in [0.15, 0.2) is 5.17 Å². The predicted molar refractivity (Wildman–Crippen MR) is 148 cm³/mol. The highest BCUT2D eigenvalue weighted by Gasteiger charge is 2.41. The van der Waals surface area contributed by atoms with E-state index < -0.39 is 0 Å². The number of hydrogen-bond donors (Lipinski definition) is 0. The van der Waals surface area contributed by atoms with E-state index in [2.05, 4.69) is 51.4 Å². The number of thioether (sulfide) groups is 1. The molecule has 3 aliphatic rings. The normalized spacial score (nSPS) is 22.3. The van der Waals surface area contributed by atoms with Crippen LogP contribution in [-0.2, 0) is 0 Å². The Bertz CT molecular complexity index is 1440. The van der Waals surface area contributed by atoms with Gasteiger partial charge in [-0.05, 0) is 89.1 Å². The first-order chi connectivity index (χ1) is 17.5. The van der Waals surface area contributed by atoms with Crippen LogP contribution in [0, 0.1) is 17.6 Å². The molecule has 3 aromatic rings. The maximum atomic E-state index is 13.9. The summed E-state index contributed by atoms with van der Waals surface area (Å²) in [4.78, 5) is 7.49. The quantitative estimate of drug-likeness (QED) is 0.317. The molecule has 3 aromatic carbocycles. The van der Waals surface area contributed by atoms with Crippen LogP contribution in [-0.4, -0.2) is 10.1 Å². The molecule has 1 aliphatic carbocycles. The molecule has 0 fully saturated rings. The molecular weight excluding hydrogens is 538 g/mol. The lowest BCUT2D eigenvalue weighted by Gasteiger charge is -2.41. The minimum atomic E-state index is -0.244. The number of rotatable bonds is 3. The third-order valence-corrected chi connectivity index (χ3v) is 8.19. The second kappa shape index (κ2) is 9.49. The Morgan fingerprint density at radius 3 is 2.28 bits per heavy atom. The van der Waals surface area contributed by atoms with Crippen LogP contribution in [0.2, 0.25) is 0 Å². The molecule has 0 saturated carbocycles. The zero-order valence-corrected chi connectivity index (χ0v) is 22.0. The minimum absolute atomic E-state index is 0.0858. The highest BCUT2D eigenvalue weighted by molar-refractivity contribution is 9.10. The SMILES string of the molecule is C[C@@H]1CC2=C(N=C3SC=C(c4ccc(Br)cc4)N3[C@@H]2c2ccc(F)cc2)/C(=C/c2ccc(F)cc2)C1. The van der Waals surface area contributed by atoms with Crippen LogP contribution in [0.3, 0.4) is 0 Å². The number of aliphatic imine (C=N–C) groups is 1. The third kappa shape index (κ3) is 4.37. The Hall–Kier alpha value is -2.96. The zero-order valence-electron chi connectivity index (χ0n) is 19.6. The van der Waals surface area contributed by atoms with E-state index in [-0.39, 0.29) is 17.7 Å². The van der Waals surface area contributed by atoms with Crippen molar-refractivity contribution >= 4 is 44.6 Å². The van der Waals surface area contributed by atoms with E-state index in [0.717, 1.165) is 56.1 Å². The maximum Gasteiger partial charge on any atom is 0.174 e. The van der Waals surface area contributed by atoms with Crippen molar-refractivity contribution in [2.45, 2.75) is 25.8 Å². The number of fused-ring (bicyclic) bond motifs is 1. The highest BCUT2D eigenvalue weighted by Crippen LogP contribution is 2.52. The van der Waals surface area contributed by atoms with Crippen molar-refractivity contribution in [3.63, 3.8) is 0 Å². The monoisotopic (exact) mass is 560 g/mol. The molecular formula is C30H23BrF2N2S. The summed E-state index contributed by atoms with van der Waals surface area (Å²) in [5.74, 6) is -0.0653. The van der Waals surface area contributed by atoms with Crippen LogP contribution in [0.15, 0.2) is 105 Å². The van der Waals surface area contributed by atoms with E-state index in [1.54, 1.807) is 23.9 Å². The third-order valence-electron chi connectivity index (χ3n) is 6.82. The Morgan fingerprint density at radius 2 is 1.58 bits per heavy atom. The summed E-state index contributed by atoms with van der Waals surface area (Å²) in [6, 6.07) is 21.7. The Morgan fingerprint density at radius 1 is 0.917 bits per heavy atom. The first-order valence-electron chi connectivity index (χ1n) is 11.9. The number of halogens is 3. The molecule has 0 spiro atoms. The van der Waals surface area contributed by atoms with E-state index in [0.29, 0.717) is 5.92 Å². The van der Waals surface area contributed by atoms with Crippen molar-refractivity contribution in [3.05, 3.63) is 128 Å². The Kier molecular flexibility index (Phi) is 6.18. The zero-order chi connectivity index (χ0) is 24.8. The molecule has 0 amide bonds. The first kappa shape index (κ1) is 23.4. The summed E-state index contributed by atoms with van der Waals surface area (Å²) >= 11 is 5.16. The Balaban J connectivity index is 1.50. The van der Waals surface area contributed by atoms with Gasteiger partial charge in [-0.15, -0.1) is 0 Å². The van der Waals surface area contributed by atoms with Crippen molar-refractivity contribution in [2.24, 2.45) is 10.9 Å². The van der Waals surface area contributed by atoms with Gasteiger partial charge in [0.1, 0.15) is 11.6 Å². The van der Waals surface area contributed by atoms with Gasteiger partial charge in [0, 0.05) is 9.88 Å². The van der Waals surface area contributed by atoms with Gasteiger partial charge in [0.2, 0.25) is 0 Å². The number of benzene rings is 3. The lowest BCUT2D eigenvalue weighted by molar-refractivity contribution is 0.425. The number of hydrogen-bond acceptors (Lipinski definition) is 3. The first-order valence-corrected chi connectivity index (χ1v) is 13.6.